The molecule has 0 aromatic rings. The molecule has 0 saturated carbocycles. The second-order valence-corrected chi connectivity index (χ2v) is 5.46. The fourth-order valence-electron chi connectivity index (χ4n) is 1.16. The molecule has 1 aliphatic heterocycles. The summed E-state index contributed by atoms with van der Waals surface area (Å²) in [5.74, 6) is 1.41. The Morgan fingerprint density at radius 3 is 2.90 bits per heavy atom. The average Bonchev–Trinajstić information content (AvgIpc) is 2.41. The normalized spacial score (nSPS) is 25.5. The van der Waals surface area contributed by atoms with E-state index < -0.39 is 0 Å². The van der Waals surface area contributed by atoms with Crippen molar-refractivity contribution in [3.63, 3.8) is 0 Å². The third kappa shape index (κ3) is 3.20. The van der Waals surface area contributed by atoms with E-state index >= 15 is 0 Å². The Bertz CT molecular complexity index is 77.3. The first-order valence-electron chi connectivity index (χ1n) is 4.13. The van der Waals surface area contributed by atoms with Gasteiger partial charge in [0.25, 0.3) is 0 Å². The smallest absolute Gasteiger partial charge is 0.0395 e. The zero-order chi connectivity index (χ0) is 7.23. The predicted molar refractivity (Wildman–Crippen MR) is 52.8 cm³/mol. The van der Waals surface area contributed by atoms with Gasteiger partial charge in [0.15, 0.2) is 0 Å². The predicted octanol–water partition coefficient (Wildman–Crippen LogP) is 3.37. The van der Waals surface area contributed by atoms with Gasteiger partial charge in [0.05, 0.1) is 0 Å². The van der Waals surface area contributed by atoms with E-state index in [1.165, 1.54) is 36.5 Å². The molecule has 0 aromatic carbocycles. The summed E-state index contributed by atoms with van der Waals surface area (Å²) in [6.07, 6.45) is 5.71. The first-order chi connectivity index (χ1) is 4.93. The number of hydrogen-bond acceptors (Lipinski definition) is 2. The summed E-state index contributed by atoms with van der Waals surface area (Å²) in [7, 11) is 0. The maximum atomic E-state index is 2.27. The van der Waals surface area contributed by atoms with Gasteiger partial charge in [0.2, 0.25) is 0 Å². The molecule has 0 aliphatic carbocycles. The maximum Gasteiger partial charge on any atom is 0.0395 e. The molecular formula is C8H16S2. The molecule has 10 heavy (non-hydrogen) atoms. The van der Waals surface area contributed by atoms with Crippen LogP contribution in [0.15, 0.2) is 0 Å². The lowest BCUT2D eigenvalue weighted by Gasteiger charge is -2.04. The second kappa shape index (κ2) is 5.36. The largest absolute Gasteiger partial charge is 0.150 e. The van der Waals surface area contributed by atoms with Crippen LogP contribution in [0, 0.1) is 0 Å². The number of thioether (sulfide) groups is 2. The van der Waals surface area contributed by atoms with Crippen LogP contribution in [0.3, 0.4) is 0 Å². The molecule has 1 aliphatic rings. The molecule has 1 unspecified atom stereocenters. The summed E-state index contributed by atoms with van der Waals surface area (Å²) in [6.45, 7) is 2.27. The number of rotatable bonds is 4. The van der Waals surface area contributed by atoms with Crippen LogP contribution in [-0.4, -0.2) is 16.1 Å². The molecule has 0 amide bonds. The van der Waals surface area contributed by atoms with Gasteiger partial charge < -0.3 is 0 Å². The van der Waals surface area contributed by atoms with Gasteiger partial charge in [0.1, 0.15) is 0 Å². The first kappa shape index (κ1) is 8.79. The van der Waals surface area contributed by atoms with Crippen LogP contribution in [-0.2, 0) is 0 Å². The molecule has 1 atom stereocenters. The second-order valence-electron chi connectivity index (χ2n) is 2.77. The fourth-order valence-corrected chi connectivity index (χ4v) is 4.14. The summed E-state index contributed by atoms with van der Waals surface area (Å²) in [5, 5.41) is 2.34. The molecule has 0 N–H and O–H groups in total. The monoisotopic (exact) mass is 176 g/mol. The minimum atomic E-state index is 0.997. The standard InChI is InChI=1S/C8H16S2/c1-2-3-4-5-8-6-9-7-10-8/h8H,2-7H2,1H3. The van der Waals surface area contributed by atoms with Gasteiger partial charge in [0, 0.05) is 16.1 Å². The summed E-state index contributed by atoms with van der Waals surface area (Å²) in [4.78, 5) is 0. The van der Waals surface area contributed by atoms with Crippen LogP contribution in [0.5, 0.6) is 0 Å². The Balaban J connectivity index is 1.91. The first-order valence-corrected chi connectivity index (χ1v) is 6.33. The molecule has 0 aromatic heterocycles. The molecule has 0 nitrogen and oxygen atoms in total. The molecule has 0 bridgehead atoms. The lowest BCUT2D eigenvalue weighted by atomic mass is 10.2. The van der Waals surface area contributed by atoms with E-state index in [1.807, 2.05) is 0 Å². The zero-order valence-electron chi connectivity index (χ0n) is 6.64. The quantitative estimate of drug-likeness (QED) is 0.602. The van der Waals surface area contributed by atoms with E-state index in [0.29, 0.717) is 0 Å². The molecule has 0 radical (unpaired) electrons. The van der Waals surface area contributed by atoms with Crippen LogP contribution >= 0.6 is 23.5 Å². The number of unbranched alkanes of at least 4 members (excludes halogenated alkanes) is 2. The Kier molecular flexibility index (Phi) is 4.72. The number of hydrogen-bond donors (Lipinski definition) is 0. The van der Waals surface area contributed by atoms with E-state index in [9.17, 15) is 0 Å². The molecule has 0 spiro atoms. The molecule has 1 rings (SSSR count). The van der Waals surface area contributed by atoms with Crippen LogP contribution in [0.25, 0.3) is 0 Å². The highest BCUT2D eigenvalue weighted by Crippen LogP contribution is 2.32. The lowest BCUT2D eigenvalue weighted by Crippen LogP contribution is -1.99. The Morgan fingerprint density at radius 1 is 1.40 bits per heavy atom. The highest BCUT2D eigenvalue weighted by molar-refractivity contribution is 8.19. The van der Waals surface area contributed by atoms with Crippen molar-refractivity contribution >= 4 is 23.5 Å². The van der Waals surface area contributed by atoms with E-state index in [0.717, 1.165) is 5.25 Å². The van der Waals surface area contributed by atoms with Gasteiger partial charge in [-0.25, -0.2) is 0 Å². The van der Waals surface area contributed by atoms with Gasteiger partial charge in [-0.05, 0) is 6.42 Å². The van der Waals surface area contributed by atoms with E-state index in [1.54, 1.807) is 0 Å². The Hall–Kier alpha value is 0.700. The van der Waals surface area contributed by atoms with Crippen molar-refractivity contribution < 1.29 is 0 Å². The van der Waals surface area contributed by atoms with Gasteiger partial charge >= 0.3 is 0 Å². The van der Waals surface area contributed by atoms with Crippen molar-refractivity contribution in [3.8, 4) is 0 Å². The van der Waals surface area contributed by atoms with Crippen molar-refractivity contribution in [1.82, 2.24) is 0 Å². The van der Waals surface area contributed by atoms with Crippen LogP contribution in [0.1, 0.15) is 32.6 Å². The molecule has 60 valence electrons. The Labute approximate surface area is 72.5 Å². The lowest BCUT2D eigenvalue weighted by molar-refractivity contribution is 0.669. The molecule has 1 fully saturated rings. The molecule has 1 heterocycles. The van der Waals surface area contributed by atoms with Crippen LogP contribution in [0.4, 0.5) is 0 Å². The van der Waals surface area contributed by atoms with Crippen molar-refractivity contribution in [2.24, 2.45) is 0 Å². The van der Waals surface area contributed by atoms with Crippen molar-refractivity contribution in [1.29, 1.82) is 0 Å². The minimum Gasteiger partial charge on any atom is -0.150 e. The highest BCUT2D eigenvalue weighted by atomic mass is 32.2. The zero-order valence-corrected chi connectivity index (χ0v) is 8.27. The summed E-state index contributed by atoms with van der Waals surface area (Å²) in [5.41, 5.74) is 0. The van der Waals surface area contributed by atoms with Crippen LogP contribution < -0.4 is 0 Å². The highest BCUT2D eigenvalue weighted by Gasteiger charge is 2.14. The van der Waals surface area contributed by atoms with E-state index in [2.05, 4.69) is 30.4 Å². The van der Waals surface area contributed by atoms with E-state index in [-0.39, 0.29) is 0 Å². The SMILES string of the molecule is CCCCCC1CSCS1. The van der Waals surface area contributed by atoms with Gasteiger partial charge in [-0.3, -0.25) is 0 Å². The van der Waals surface area contributed by atoms with Crippen molar-refractivity contribution in [2.75, 3.05) is 10.8 Å². The third-order valence-corrected chi connectivity index (χ3v) is 4.75. The Morgan fingerprint density at radius 2 is 2.30 bits per heavy atom. The minimum absolute atomic E-state index is 0.997. The van der Waals surface area contributed by atoms with Gasteiger partial charge in [-0.15, -0.1) is 23.5 Å². The maximum absolute atomic E-state index is 2.27. The van der Waals surface area contributed by atoms with Crippen molar-refractivity contribution in [2.45, 2.75) is 37.9 Å². The summed E-state index contributed by atoms with van der Waals surface area (Å²) < 4.78 is 0. The topological polar surface area (TPSA) is 0 Å². The molecule has 2 heteroatoms. The summed E-state index contributed by atoms with van der Waals surface area (Å²) >= 11 is 4.26. The van der Waals surface area contributed by atoms with Crippen LogP contribution in [0.2, 0.25) is 0 Å². The molecular weight excluding hydrogens is 160 g/mol. The average molecular weight is 176 g/mol. The fraction of sp³-hybridized carbons (Fsp3) is 1.00. The van der Waals surface area contributed by atoms with Gasteiger partial charge in [-0.2, -0.15) is 0 Å². The summed E-state index contributed by atoms with van der Waals surface area (Å²) in [6, 6.07) is 0. The van der Waals surface area contributed by atoms with Crippen molar-refractivity contribution in [3.05, 3.63) is 0 Å². The van der Waals surface area contributed by atoms with Gasteiger partial charge in [-0.1, -0.05) is 26.2 Å². The molecule has 1 saturated heterocycles. The van der Waals surface area contributed by atoms with E-state index in [4.69, 9.17) is 0 Å². The third-order valence-electron chi connectivity index (χ3n) is 1.82.